The van der Waals surface area contributed by atoms with Gasteiger partial charge < -0.3 is 10.8 Å². The highest BCUT2D eigenvalue weighted by Gasteiger charge is 2.17. The number of hydrogen-bond donors (Lipinski definition) is 2. The molecule has 21 heavy (non-hydrogen) atoms. The van der Waals surface area contributed by atoms with E-state index < -0.39 is 11.9 Å². The molecule has 2 aromatic carbocycles. The second-order valence-electron chi connectivity index (χ2n) is 4.38. The Kier molecular flexibility index (Phi) is 4.94. The number of carboxylic acids is 1. The van der Waals surface area contributed by atoms with E-state index in [0.717, 1.165) is 9.79 Å². The standard InChI is InChI=1S/C16H14ClNO2S/c1-2-11(16(19)20)10-7-8-15(13(18)9-10)21-14-6-4-3-5-12(14)17/h2-9,11H,1,18H2,(H,19,20). The molecule has 0 aliphatic rings. The lowest BCUT2D eigenvalue weighted by atomic mass is 9.99. The van der Waals surface area contributed by atoms with Gasteiger partial charge in [-0.15, -0.1) is 6.58 Å². The van der Waals surface area contributed by atoms with Gasteiger partial charge in [0.1, 0.15) is 0 Å². The molecule has 1 atom stereocenters. The van der Waals surface area contributed by atoms with E-state index in [0.29, 0.717) is 16.3 Å². The predicted octanol–water partition coefficient (Wildman–Crippen LogP) is 4.43. The molecule has 2 aromatic rings. The summed E-state index contributed by atoms with van der Waals surface area (Å²) in [6.45, 7) is 3.55. The minimum atomic E-state index is -0.948. The number of halogens is 1. The summed E-state index contributed by atoms with van der Waals surface area (Å²) in [5, 5.41) is 9.78. The molecule has 0 aliphatic carbocycles. The number of anilines is 1. The topological polar surface area (TPSA) is 63.3 Å². The number of aliphatic carboxylic acids is 1. The molecule has 0 aliphatic heterocycles. The zero-order chi connectivity index (χ0) is 15.4. The third-order valence-corrected chi connectivity index (χ3v) is 4.56. The average Bonchev–Trinajstić information content (AvgIpc) is 2.44. The molecule has 0 bridgehead atoms. The summed E-state index contributed by atoms with van der Waals surface area (Å²) in [6, 6.07) is 12.7. The van der Waals surface area contributed by atoms with Crippen LogP contribution in [0.15, 0.2) is 64.9 Å². The van der Waals surface area contributed by atoms with E-state index in [1.165, 1.54) is 17.8 Å². The zero-order valence-electron chi connectivity index (χ0n) is 11.1. The van der Waals surface area contributed by atoms with Crippen molar-refractivity contribution in [2.24, 2.45) is 0 Å². The Morgan fingerprint density at radius 1 is 1.29 bits per heavy atom. The quantitative estimate of drug-likeness (QED) is 0.632. The van der Waals surface area contributed by atoms with Crippen molar-refractivity contribution in [1.29, 1.82) is 0 Å². The lowest BCUT2D eigenvalue weighted by Crippen LogP contribution is -2.09. The molecule has 0 amide bonds. The third-order valence-electron chi connectivity index (χ3n) is 2.95. The molecule has 2 rings (SSSR count). The summed E-state index contributed by atoms with van der Waals surface area (Å²) < 4.78 is 0. The first-order valence-corrected chi connectivity index (χ1v) is 7.39. The van der Waals surface area contributed by atoms with Gasteiger partial charge in [-0.1, -0.05) is 47.6 Å². The Balaban J connectivity index is 2.30. The molecular weight excluding hydrogens is 306 g/mol. The summed E-state index contributed by atoms with van der Waals surface area (Å²) in [5.74, 6) is -1.71. The lowest BCUT2D eigenvalue weighted by molar-refractivity contribution is -0.137. The second kappa shape index (κ2) is 6.70. The molecule has 1 unspecified atom stereocenters. The normalized spacial score (nSPS) is 11.9. The largest absolute Gasteiger partial charge is 0.481 e. The van der Waals surface area contributed by atoms with Gasteiger partial charge in [0.15, 0.2) is 0 Å². The van der Waals surface area contributed by atoms with Crippen LogP contribution in [0.2, 0.25) is 5.02 Å². The van der Waals surface area contributed by atoms with Crippen LogP contribution in [-0.4, -0.2) is 11.1 Å². The van der Waals surface area contributed by atoms with Gasteiger partial charge in [0.05, 0.1) is 10.9 Å². The molecule has 0 fully saturated rings. The average molecular weight is 320 g/mol. The van der Waals surface area contributed by atoms with E-state index in [4.69, 9.17) is 22.4 Å². The van der Waals surface area contributed by atoms with Crippen LogP contribution in [-0.2, 0) is 4.79 Å². The Labute approximate surface area is 132 Å². The van der Waals surface area contributed by atoms with Crippen LogP contribution in [0.4, 0.5) is 5.69 Å². The fourth-order valence-electron chi connectivity index (χ4n) is 1.88. The maximum Gasteiger partial charge on any atom is 0.314 e. The van der Waals surface area contributed by atoms with Gasteiger partial charge in [-0.3, -0.25) is 4.79 Å². The van der Waals surface area contributed by atoms with Crippen LogP contribution in [0.5, 0.6) is 0 Å². The molecule has 3 nitrogen and oxygen atoms in total. The van der Waals surface area contributed by atoms with Gasteiger partial charge in [0, 0.05) is 15.5 Å². The molecule has 5 heteroatoms. The highest BCUT2D eigenvalue weighted by atomic mass is 35.5. The van der Waals surface area contributed by atoms with Crippen molar-refractivity contribution in [2.75, 3.05) is 5.73 Å². The van der Waals surface area contributed by atoms with E-state index in [2.05, 4.69) is 6.58 Å². The van der Waals surface area contributed by atoms with E-state index in [1.54, 1.807) is 18.2 Å². The van der Waals surface area contributed by atoms with Crippen molar-refractivity contribution in [3.63, 3.8) is 0 Å². The van der Waals surface area contributed by atoms with E-state index in [9.17, 15) is 4.79 Å². The van der Waals surface area contributed by atoms with E-state index in [1.807, 2.05) is 24.3 Å². The maximum absolute atomic E-state index is 11.1. The zero-order valence-corrected chi connectivity index (χ0v) is 12.7. The maximum atomic E-state index is 11.1. The minimum absolute atomic E-state index is 0.519. The van der Waals surface area contributed by atoms with E-state index in [-0.39, 0.29) is 0 Å². The first-order chi connectivity index (χ1) is 10.0. The summed E-state index contributed by atoms with van der Waals surface area (Å²) in [4.78, 5) is 12.9. The Bertz CT molecular complexity index is 688. The van der Waals surface area contributed by atoms with Crippen LogP contribution >= 0.6 is 23.4 Å². The SMILES string of the molecule is C=CC(C(=O)O)c1ccc(Sc2ccccc2Cl)c(N)c1. The lowest BCUT2D eigenvalue weighted by Gasteiger charge is -2.12. The number of carbonyl (C=O) groups is 1. The number of rotatable bonds is 5. The molecule has 0 spiro atoms. The number of benzene rings is 2. The number of hydrogen-bond acceptors (Lipinski definition) is 3. The van der Waals surface area contributed by atoms with Crippen molar-refractivity contribution in [2.45, 2.75) is 15.7 Å². The van der Waals surface area contributed by atoms with Gasteiger partial charge in [-0.05, 0) is 29.8 Å². The summed E-state index contributed by atoms with van der Waals surface area (Å²) >= 11 is 7.57. The number of nitrogen functional groups attached to an aromatic ring is 1. The Morgan fingerprint density at radius 2 is 2.00 bits per heavy atom. The first kappa shape index (κ1) is 15.5. The van der Waals surface area contributed by atoms with Gasteiger partial charge in [0.2, 0.25) is 0 Å². The fraction of sp³-hybridized carbons (Fsp3) is 0.0625. The van der Waals surface area contributed by atoms with Gasteiger partial charge in [-0.25, -0.2) is 0 Å². The molecule has 0 radical (unpaired) electrons. The molecule has 0 saturated heterocycles. The van der Waals surface area contributed by atoms with Gasteiger partial charge in [0.25, 0.3) is 0 Å². The minimum Gasteiger partial charge on any atom is -0.481 e. The fourth-order valence-corrected chi connectivity index (χ4v) is 2.99. The van der Waals surface area contributed by atoms with Crippen molar-refractivity contribution >= 4 is 35.0 Å². The van der Waals surface area contributed by atoms with Crippen molar-refractivity contribution in [3.8, 4) is 0 Å². The Hall–Kier alpha value is -1.91. The highest BCUT2D eigenvalue weighted by molar-refractivity contribution is 7.99. The Morgan fingerprint density at radius 3 is 2.57 bits per heavy atom. The van der Waals surface area contributed by atoms with Crippen LogP contribution in [0.1, 0.15) is 11.5 Å². The highest BCUT2D eigenvalue weighted by Crippen LogP contribution is 2.37. The molecule has 108 valence electrons. The molecule has 0 aromatic heterocycles. The van der Waals surface area contributed by atoms with Crippen molar-refractivity contribution in [3.05, 3.63) is 65.7 Å². The summed E-state index contributed by atoms with van der Waals surface area (Å²) in [6.07, 6.45) is 1.39. The van der Waals surface area contributed by atoms with Crippen LogP contribution in [0.3, 0.4) is 0 Å². The summed E-state index contributed by atoms with van der Waals surface area (Å²) in [7, 11) is 0. The first-order valence-electron chi connectivity index (χ1n) is 6.20. The van der Waals surface area contributed by atoms with Crippen molar-refractivity contribution < 1.29 is 9.90 Å². The van der Waals surface area contributed by atoms with Crippen LogP contribution < -0.4 is 5.73 Å². The third kappa shape index (κ3) is 3.60. The van der Waals surface area contributed by atoms with E-state index >= 15 is 0 Å². The van der Waals surface area contributed by atoms with Crippen LogP contribution in [0, 0.1) is 0 Å². The number of carboxylic acid groups (broad SMARTS) is 1. The molecule has 0 heterocycles. The summed E-state index contributed by atoms with van der Waals surface area (Å²) in [5.41, 5.74) is 7.15. The van der Waals surface area contributed by atoms with Gasteiger partial charge >= 0.3 is 5.97 Å². The smallest absolute Gasteiger partial charge is 0.314 e. The van der Waals surface area contributed by atoms with Crippen molar-refractivity contribution in [1.82, 2.24) is 0 Å². The monoisotopic (exact) mass is 319 g/mol. The molecular formula is C16H14ClNO2S. The second-order valence-corrected chi connectivity index (χ2v) is 5.87. The number of nitrogens with two attached hydrogens (primary N) is 1. The molecule has 3 N–H and O–H groups in total. The van der Waals surface area contributed by atoms with Crippen LogP contribution in [0.25, 0.3) is 0 Å². The van der Waals surface area contributed by atoms with Gasteiger partial charge in [-0.2, -0.15) is 0 Å². The molecule has 0 saturated carbocycles. The predicted molar refractivity (Wildman–Crippen MR) is 87.0 cm³/mol.